The summed E-state index contributed by atoms with van der Waals surface area (Å²) in [6, 6.07) is 4.73. The summed E-state index contributed by atoms with van der Waals surface area (Å²) in [4.78, 5) is 15.2. The Morgan fingerprint density at radius 1 is 1.13 bits per heavy atom. The van der Waals surface area contributed by atoms with Crippen molar-refractivity contribution in [3.05, 3.63) is 36.8 Å². The smallest absolute Gasteiger partial charge is 0.308 e. The number of nitrogens with one attached hydrogen (secondary N) is 3. The summed E-state index contributed by atoms with van der Waals surface area (Å²) in [5.41, 5.74) is 0.682. The number of carbonyl (C=O) groups is 1. The molecule has 6 heteroatoms. The van der Waals surface area contributed by atoms with Crippen LogP contribution in [0.15, 0.2) is 36.8 Å². The molecule has 0 unspecified atom stereocenters. The van der Waals surface area contributed by atoms with Crippen LogP contribution in [0, 0.1) is 0 Å². The predicted molar refractivity (Wildman–Crippen MR) is 55.5 cm³/mol. The van der Waals surface area contributed by atoms with Crippen LogP contribution < -0.4 is 10.6 Å². The fourth-order valence-electron chi connectivity index (χ4n) is 1.05. The van der Waals surface area contributed by atoms with Gasteiger partial charge in [0.15, 0.2) is 0 Å². The number of pyridine rings is 1. The molecule has 0 aliphatic carbocycles. The van der Waals surface area contributed by atoms with Gasteiger partial charge < -0.3 is 5.32 Å². The molecule has 2 rings (SSSR count). The number of aromatic nitrogens is 3. The van der Waals surface area contributed by atoms with Crippen molar-refractivity contribution in [2.45, 2.75) is 0 Å². The zero-order chi connectivity index (χ0) is 10.5. The number of urea groups is 1. The van der Waals surface area contributed by atoms with E-state index in [0.29, 0.717) is 11.5 Å². The molecule has 0 aliphatic rings. The number of anilines is 2. The third kappa shape index (κ3) is 2.53. The average molecular weight is 203 g/mol. The Balaban J connectivity index is 1.94. The van der Waals surface area contributed by atoms with Gasteiger partial charge in [-0.05, 0) is 12.1 Å². The van der Waals surface area contributed by atoms with Crippen LogP contribution in [0.3, 0.4) is 0 Å². The summed E-state index contributed by atoms with van der Waals surface area (Å²) in [6.45, 7) is 0. The number of hydrogen-bond donors (Lipinski definition) is 3. The molecule has 0 aromatic carbocycles. The van der Waals surface area contributed by atoms with Crippen molar-refractivity contribution in [3.8, 4) is 0 Å². The van der Waals surface area contributed by atoms with Crippen molar-refractivity contribution in [1.82, 2.24) is 15.2 Å². The Bertz CT molecular complexity index is 425. The molecule has 0 saturated heterocycles. The minimum absolute atomic E-state index is 0.328. The van der Waals surface area contributed by atoms with Gasteiger partial charge in [0, 0.05) is 24.1 Å². The van der Waals surface area contributed by atoms with Crippen LogP contribution in [0.1, 0.15) is 0 Å². The van der Waals surface area contributed by atoms with Gasteiger partial charge in [0.05, 0.1) is 6.20 Å². The monoisotopic (exact) mass is 203 g/mol. The number of aromatic amines is 1. The van der Waals surface area contributed by atoms with Gasteiger partial charge in [-0.25, -0.2) is 4.79 Å². The summed E-state index contributed by atoms with van der Waals surface area (Å²) >= 11 is 0. The van der Waals surface area contributed by atoms with Gasteiger partial charge in [0.25, 0.3) is 0 Å². The standard InChI is InChI=1S/C9H9N5O/c15-9(13-8-3-6-11-14-8)12-7-1-4-10-5-2-7/h1-6H,(H3,10,11,12,13,14,15). The zero-order valence-electron chi connectivity index (χ0n) is 7.77. The van der Waals surface area contributed by atoms with Crippen LogP contribution in [-0.2, 0) is 0 Å². The summed E-state index contributed by atoms with van der Waals surface area (Å²) in [6.07, 6.45) is 4.76. The van der Waals surface area contributed by atoms with Gasteiger partial charge in [-0.3, -0.25) is 15.4 Å². The van der Waals surface area contributed by atoms with Crippen LogP contribution in [0.25, 0.3) is 0 Å². The molecule has 6 nitrogen and oxygen atoms in total. The Morgan fingerprint density at radius 3 is 2.60 bits per heavy atom. The highest BCUT2D eigenvalue weighted by atomic mass is 16.2. The van der Waals surface area contributed by atoms with E-state index in [0.717, 1.165) is 0 Å². The minimum Gasteiger partial charge on any atom is -0.308 e. The van der Waals surface area contributed by atoms with E-state index < -0.39 is 0 Å². The lowest BCUT2D eigenvalue weighted by Gasteiger charge is -2.04. The second-order valence-electron chi connectivity index (χ2n) is 2.79. The molecule has 15 heavy (non-hydrogen) atoms. The lowest BCUT2D eigenvalue weighted by Crippen LogP contribution is -2.19. The number of carbonyl (C=O) groups excluding carboxylic acids is 1. The van der Waals surface area contributed by atoms with E-state index in [4.69, 9.17) is 0 Å². The molecule has 2 heterocycles. The molecule has 0 fully saturated rings. The van der Waals surface area contributed by atoms with E-state index in [2.05, 4.69) is 25.8 Å². The van der Waals surface area contributed by atoms with Gasteiger partial charge in [0.1, 0.15) is 5.82 Å². The summed E-state index contributed by atoms with van der Waals surface area (Å²) in [5, 5.41) is 11.5. The maximum absolute atomic E-state index is 11.4. The second-order valence-corrected chi connectivity index (χ2v) is 2.79. The molecule has 0 spiro atoms. The van der Waals surface area contributed by atoms with Crippen LogP contribution in [-0.4, -0.2) is 21.2 Å². The van der Waals surface area contributed by atoms with Crippen molar-refractivity contribution in [3.63, 3.8) is 0 Å². The minimum atomic E-state index is -0.328. The number of amides is 2. The SMILES string of the molecule is O=C(Nc1ccncc1)Nc1ccn[nH]1. The van der Waals surface area contributed by atoms with E-state index in [-0.39, 0.29) is 6.03 Å². The normalized spacial score (nSPS) is 9.60. The van der Waals surface area contributed by atoms with Gasteiger partial charge in [-0.15, -0.1) is 0 Å². The van der Waals surface area contributed by atoms with E-state index in [9.17, 15) is 4.79 Å². The molecule has 0 bridgehead atoms. The quantitative estimate of drug-likeness (QED) is 0.690. The van der Waals surface area contributed by atoms with Gasteiger partial charge >= 0.3 is 6.03 Å². The molecule has 0 radical (unpaired) electrons. The first-order valence-corrected chi connectivity index (χ1v) is 4.32. The van der Waals surface area contributed by atoms with E-state index in [1.807, 2.05) is 0 Å². The Hall–Kier alpha value is -2.37. The highest BCUT2D eigenvalue weighted by molar-refractivity contribution is 5.98. The molecular weight excluding hydrogens is 194 g/mol. The predicted octanol–water partition coefficient (Wildman–Crippen LogP) is 1.45. The number of rotatable bonds is 2. The van der Waals surface area contributed by atoms with E-state index >= 15 is 0 Å². The number of nitrogens with zero attached hydrogens (tertiary/aromatic N) is 2. The van der Waals surface area contributed by atoms with Gasteiger partial charge in [0.2, 0.25) is 0 Å². The van der Waals surface area contributed by atoms with E-state index in [1.54, 1.807) is 36.8 Å². The Kier molecular flexibility index (Phi) is 2.59. The number of hydrogen-bond acceptors (Lipinski definition) is 3. The lowest BCUT2D eigenvalue weighted by molar-refractivity contribution is 0.262. The van der Waals surface area contributed by atoms with Crippen molar-refractivity contribution in [1.29, 1.82) is 0 Å². The highest BCUT2D eigenvalue weighted by Crippen LogP contribution is 2.04. The molecular formula is C9H9N5O. The molecule has 2 aromatic heterocycles. The molecule has 0 aliphatic heterocycles. The maximum atomic E-state index is 11.4. The van der Waals surface area contributed by atoms with Gasteiger partial charge in [-0.2, -0.15) is 5.10 Å². The molecule has 2 aromatic rings. The molecule has 3 N–H and O–H groups in total. The van der Waals surface area contributed by atoms with Crippen molar-refractivity contribution < 1.29 is 4.79 Å². The highest BCUT2D eigenvalue weighted by Gasteiger charge is 2.01. The first-order valence-electron chi connectivity index (χ1n) is 4.32. The topological polar surface area (TPSA) is 82.7 Å². The Morgan fingerprint density at radius 2 is 1.93 bits per heavy atom. The lowest BCUT2D eigenvalue weighted by atomic mass is 10.4. The number of H-pyrrole nitrogens is 1. The van der Waals surface area contributed by atoms with Gasteiger partial charge in [-0.1, -0.05) is 0 Å². The maximum Gasteiger partial charge on any atom is 0.324 e. The third-order valence-corrected chi connectivity index (χ3v) is 1.69. The molecule has 76 valence electrons. The largest absolute Gasteiger partial charge is 0.324 e. The van der Waals surface area contributed by atoms with Crippen molar-refractivity contribution in [2.75, 3.05) is 10.6 Å². The van der Waals surface area contributed by atoms with Crippen LogP contribution in [0.4, 0.5) is 16.3 Å². The van der Waals surface area contributed by atoms with Crippen molar-refractivity contribution in [2.24, 2.45) is 0 Å². The Labute approximate surface area is 85.7 Å². The van der Waals surface area contributed by atoms with Crippen molar-refractivity contribution >= 4 is 17.5 Å². The molecule has 0 saturated carbocycles. The fourth-order valence-corrected chi connectivity index (χ4v) is 1.05. The first-order chi connectivity index (χ1) is 7.34. The fraction of sp³-hybridized carbons (Fsp3) is 0. The zero-order valence-corrected chi connectivity index (χ0v) is 7.77. The van der Waals surface area contributed by atoms with E-state index in [1.165, 1.54) is 0 Å². The third-order valence-electron chi connectivity index (χ3n) is 1.69. The summed E-state index contributed by atoms with van der Waals surface area (Å²) in [5.74, 6) is 0.543. The van der Waals surface area contributed by atoms with Crippen LogP contribution in [0.5, 0.6) is 0 Å². The summed E-state index contributed by atoms with van der Waals surface area (Å²) in [7, 11) is 0. The average Bonchev–Trinajstić information content (AvgIpc) is 2.71. The van der Waals surface area contributed by atoms with Crippen LogP contribution >= 0.6 is 0 Å². The second kappa shape index (κ2) is 4.23. The molecule has 2 amide bonds. The van der Waals surface area contributed by atoms with Crippen LogP contribution in [0.2, 0.25) is 0 Å². The summed E-state index contributed by atoms with van der Waals surface area (Å²) < 4.78 is 0. The first kappa shape index (κ1) is 9.20. The molecule has 0 atom stereocenters.